The third-order valence-electron chi connectivity index (χ3n) is 7.58. The first-order valence-electron chi connectivity index (χ1n) is 12.3. The van der Waals surface area contributed by atoms with E-state index in [9.17, 15) is 14.0 Å². The molecule has 36 heavy (non-hydrogen) atoms. The fourth-order valence-corrected chi connectivity index (χ4v) is 5.58. The number of alkyl halides is 1. The van der Waals surface area contributed by atoms with Gasteiger partial charge in [0.25, 0.3) is 11.5 Å². The number of imidazole rings is 1. The number of nitrogens with zero attached hydrogens (tertiary/aromatic N) is 3. The summed E-state index contributed by atoms with van der Waals surface area (Å²) in [5.41, 5.74) is -0.269. The van der Waals surface area contributed by atoms with Crippen LogP contribution in [0.3, 0.4) is 0 Å². The lowest BCUT2D eigenvalue weighted by Gasteiger charge is -2.24. The maximum Gasteiger partial charge on any atom is 0.274 e. The number of nitrogens with one attached hydrogen (secondary N) is 1. The van der Waals surface area contributed by atoms with Gasteiger partial charge in [0, 0.05) is 30.4 Å². The Kier molecular flexibility index (Phi) is 5.06. The molecule has 3 fully saturated rings. The summed E-state index contributed by atoms with van der Waals surface area (Å²) >= 11 is 0. The Morgan fingerprint density at radius 2 is 2.11 bits per heavy atom. The van der Waals surface area contributed by atoms with Crippen molar-refractivity contribution < 1.29 is 23.0 Å². The van der Waals surface area contributed by atoms with E-state index >= 15 is 4.39 Å². The standard InChI is InChI=1S/C26H28F2N4O4/c1-14(2)36-21-15(23(33)29-17-5-4-8-32(24(17)34)18-9-16(18)27)10-31-11-19(30-22(31)20(21)28)26-7-6-25(3,12-26)35-13-26/h4-5,8,10-11,14,16,18H,6-7,9,12-13H2,1-3H3,(H,29,33)/t16-,18+,25+,26+/m0/s1. The Bertz CT molecular complexity index is 1440. The van der Waals surface area contributed by atoms with E-state index in [1.165, 1.54) is 27.4 Å². The molecule has 0 aromatic carbocycles. The Hall–Kier alpha value is -3.27. The average molecular weight is 499 g/mol. The molecule has 190 valence electrons. The normalized spacial score (nSPS) is 28.7. The van der Waals surface area contributed by atoms with Gasteiger partial charge in [-0.25, -0.2) is 9.37 Å². The second kappa shape index (κ2) is 7.86. The Morgan fingerprint density at radius 1 is 1.33 bits per heavy atom. The van der Waals surface area contributed by atoms with Crippen molar-refractivity contribution >= 4 is 17.2 Å². The monoisotopic (exact) mass is 498 g/mol. The minimum Gasteiger partial charge on any atom is -0.487 e. The van der Waals surface area contributed by atoms with Crippen molar-refractivity contribution in [1.29, 1.82) is 0 Å². The molecule has 1 amide bonds. The number of anilines is 1. The smallest absolute Gasteiger partial charge is 0.274 e. The van der Waals surface area contributed by atoms with Crippen LogP contribution in [0, 0.1) is 5.82 Å². The summed E-state index contributed by atoms with van der Waals surface area (Å²) in [6.45, 7) is 6.08. The summed E-state index contributed by atoms with van der Waals surface area (Å²) in [5.74, 6) is -1.69. The van der Waals surface area contributed by atoms with Crippen LogP contribution in [0.2, 0.25) is 0 Å². The minimum absolute atomic E-state index is 0.0174. The fourth-order valence-electron chi connectivity index (χ4n) is 5.58. The fraction of sp³-hybridized carbons (Fsp3) is 0.500. The lowest BCUT2D eigenvalue weighted by Crippen LogP contribution is -2.26. The van der Waals surface area contributed by atoms with Crippen LogP contribution < -0.4 is 15.6 Å². The summed E-state index contributed by atoms with van der Waals surface area (Å²) in [5, 5.41) is 2.57. The van der Waals surface area contributed by atoms with Crippen molar-refractivity contribution in [3.05, 3.63) is 58.2 Å². The molecule has 3 aromatic heterocycles. The summed E-state index contributed by atoms with van der Waals surface area (Å²) < 4.78 is 43.8. The third-order valence-corrected chi connectivity index (χ3v) is 7.58. The minimum atomic E-state index is -1.07. The number of pyridine rings is 2. The molecule has 2 bridgehead atoms. The first kappa shape index (κ1) is 23.1. The van der Waals surface area contributed by atoms with Crippen LogP contribution in [0.4, 0.5) is 14.5 Å². The predicted octanol–water partition coefficient (Wildman–Crippen LogP) is 4.17. The van der Waals surface area contributed by atoms with E-state index in [1.807, 2.05) is 0 Å². The molecule has 1 saturated heterocycles. The van der Waals surface area contributed by atoms with Crippen molar-refractivity contribution in [2.24, 2.45) is 0 Å². The molecule has 10 heteroatoms. The average Bonchev–Trinajstić information content (AvgIpc) is 3.15. The highest BCUT2D eigenvalue weighted by atomic mass is 19.1. The van der Waals surface area contributed by atoms with Crippen LogP contribution in [0.15, 0.2) is 35.5 Å². The van der Waals surface area contributed by atoms with Gasteiger partial charge < -0.3 is 23.8 Å². The molecule has 0 unspecified atom stereocenters. The van der Waals surface area contributed by atoms with Gasteiger partial charge in [0.05, 0.1) is 30.0 Å². The van der Waals surface area contributed by atoms with E-state index in [0.29, 0.717) is 6.61 Å². The highest BCUT2D eigenvalue weighted by molar-refractivity contribution is 6.06. The maximum atomic E-state index is 15.8. The summed E-state index contributed by atoms with van der Waals surface area (Å²) in [6, 6.07) is 2.48. The SMILES string of the molecule is CC(C)Oc1c(C(=O)Nc2cccn([C@@H]3C[C@@H]3F)c2=O)cn2cc([C@]34CC[C@](C)(C3)OC4)nc2c1F. The van der Waals surface area contributed by atoms with Gasteiger partial charge in [-0.3, -0.25) is 9.59 Å². The van der Waals surface area contributed by atoms with Gasteiger partial charge in [-0.1, -0.05) is 0 Å². The van der Waals surface area contributed by atoms with Gasteiger partial charge in [-0.05, 0) is 52.2 Å². The topological polar surface area (TPSA) is 86.9 Å². The lowest BCUT2D eigenvalue weighted by atomic mass is 9.84. The van der Waals surface area contributed by atoms with E-state index in [-0.39, 0.29) is 40.1 Å². The molecule has 6 rings (SSSR count). The number of carbonyl (C=O) groups excluding carboxylic acids is 1. The number of hydrogen-bond acceptors (Lipinski definition) is 5. The van der Waals surface area contributed by atoms with Crippen molar-refractivity contribution in [2.45, 2.75) is 75.8 Å². The van der Waals surface area contributed by atoms with Crippen LogP contribution in [0.25, 0.3) is 5.65 Å². The Labute approximate surface area is 206 Å². The highest BCUT2D eigenvalue weighted by Gasteiger charge is 2.55. The molecule has 3 aromatic rings. The van der Waals surface area contributed by atoms with Gasteiger partial charge in [-0.2, -0.15) is 4.39 Å². The molecule has 0 spiro atoms. The Balaban J connectivity index is 1.39. The summed E-state index contributed by atoms with van der Waals surface area (Å²) in [6.07, 6.45) is 6.13. The molecular weight excluding hydrogens is 470 g/mol. The Morgan fingerprint density at radius 3 is 2.72 bits per heavy atom. The molecule has 4 heterocycles. The van der Waals surface area contributed by atoms with Crippen LogP contribution in [0.5, 0.6) is 5.75 Å². The third kappa shape index (κ3) is 3.61. The largest absolute Gasteiger partial charge is 0.487 e. The van der Waals surface area contributed by atoms with E-state index in [2.05, 4.69) is 17.2 Å². The number of aromatic nitrogens is 3. The number of halogens is 2. The van der Waals surface area contributed by atoms with Crippen LogP contribution in [-0.4, -0.2) is 44.3 Å². The van der Waals surface area contributed by atoms with Gasteiger partial charge in [0.1, 0.15) is 17.4 Å². The molecule has 2 aliphatic carbocycles. The molecule has 2 saturated carbocycles. The molecular formula is C26H28F2N4O4. The van der Waals surface area contributed by atoms with E-state index < -0.39 is 35.6 Å². The number of rotatable bonds is 6. The van der Waals surface area contributed by atoms with Crippen molar-refractivity contribution in [2.75, 3.05) is 11.9 Å². The summed E-state index contributed by atoms with van der Waals surface area (Å²) in [4.78, 5) is 30.7. The predicted molar refractivity (Wildman–Crippen MR) is 128 cm³/mol. The second-order valence-corrected chi connectivity index (χ2v) is 10.8. The molecule has 3 aliphatic rings. The number of ether oxygens (including phenoxy) is 2. The number of hydrogen-bond donors (Lipinski definition) is 1. The number of amides is 1. The molecule has 4 atom stereocenters. The zero-order valence-electron chi connectivity index (χ0n) is 20.4. The molecule has 1 aliphatic heterocycles. The highest BCUT2D eigenvalue weighted by Crippen LogP contribution is 2.53. The van der Waals surface area contributed by atoms with Crippen LogP contribution in [-0.2, 0) is 10.2 Å². The van der Waals surface area contributed by atoms with Crippen LogP contribution >= 0.6 is 0 Å². The van der Waals surface area contributed by atoms with Gasteiger partial charge >= 0.3 is 0 Å². The van der Waals surface area contributed by atoms with Gasteiger partial charge in [-0.15, -0.1) is 0 Å². The van der Waals surface area contributed by atoms with E-state index in [4.69, 9.17) is 9.47 Å². The number of carbonyl (C=O) groups is 1. The van der Waals surface area contributed by atoms with Crippen LogP contribution in [0.1, 0.15) is 68.5 Å². The molecule has 8 nitrogen and oxygen atoms in total. The quantitative estimate of drug-likeness (QED) is 0.551. The first-order chi connectivity index (χ1) is 17.1. The van der Waals surface area contributed by atoms with Crippen molar-refractivity contribution in [3.63, 3.8) is 0 Å². The van der Waals surface area contributed by atoms with Gasteiger partial charge in [0.15, 0.2) is 11.4 Å². The zero-order valence-corrected chi connectivity index (χ0v) is 20.4. The van der Waals surface area contributed by atoms with Crippen molar-refractivity contribution in [3.8, 4) is 5.75 Å². The number of fused-ring (bicyclic) bond motifs is 3. The second-order valence-electron chi connectivity index (χ2n) is 10.8. The maximum absolute atomic E-state index is 15.8. The lowest BCUT2D eigenvalue weighted by molar-refractivity contribution is -0.00627. The first-order valence-corrected chi connectivity index (χ1v) is 12.3. The van der Waals surface area contributed by atoms with E-state index in [1.54, 1.807) is 26.1 Å². The zero-order chi connectivity index (χ0) is 25.4. The van der Waals surface area contributed by atoms with Crippen molar-refractivity contribution in [1.82, 2.24) is 14.0 Å². The summed E-state index contributed by atoms with van der Waals surface area (Å²) in [7, 11) is 0. The molecule has 0 radical (unpaired) electrons. The van der Waals surface area contributed by atoms with Gasteiger partial charge in [0.2, 0.25) is 5.82 Å². The molecule has 1 N–H and O–H groups in total. The van der Waals surface area contributed by atoms with E-state index in [0.717, 1.165) is 25.0 Å².